The van der Waals surface area contributed by atoms with Gasteiger partial charge in [-0.25, -0.2) is 0 Å². The lowest BCUT2D eigenvalue weighted by molar-refractivity contribution is -0.129. The van der Waals surface area contributed by atoms with Crippen LogP contribution in [-0.2, 0) is 11.3 Å². The molecule has 1 amide bonds. The molecule has 16 heavy (non-hydrogen) atoms. The van der Waals surface area contributed by atoms with Gasteiger partial charge in [-0.1, -0.05) is 23.7 Å². The predicted octanol–water partition coefficient (Wildman–Crippen LogP) is 1.94. The van der Waals surface area contributed by atoms with Gasteiger partial charge in [-0.05, 0) is 31.5 Å². The number of hydrogen-bond donors (Lipinski definition) is 2. The molecule has 0 aromatic heterocycles. The van der Waals surface area contributed by atoms with Gasteiger partial charge in [0.1, 0.15) is 0 Å². The third-order valence-electron chi connectivity index (χ3n) is 2.47. The lowest BCUT2D eigenvalue weighted by Gasteiger charge is -2.21. The summed E-state index contributed by atoms with van der Waals surface area (Å²) in [6.07, 6.45) is 0. The molecule has 1 rings (SSSR count). The highest BCUT2D eigenvalue weighted by Gasteiger charge is 2.25. The average Bonchev–Trinajstić information content (AvgIpc) is 2.26. The van der Waals surface area contributed by atoms with Crippen LogP contribution in [0.15, 0.2) is 24.3 Å². The fraction of sp³-hybridized carbons (Fsp3) is 0.417. The summed E-state index contributed by atoms with van der Waals surface area (Å²) in [5.74, 6) is -0.0463. The fourth-order valence-corrected chi connectivity index (χ4v) is 1.37. The second-order valence-electron chi connectivity index (χ2n) is 4.40. The van der Waals surface area contributed by atoms with Gasteiger partial charge in [0.05, 0.1) is 5.41 Å². The zero-order chi connectivity index (χ0) is 12.2. The zero-order valence-electron chi connectivity index (χ0n) is 9.59. The molecular formula is C12H17ClN2O. The van der Waals surface area contributed by atoms with E-state index in [1.54, 1.807) is 6.07 Å². The molecule has 0 aliphatic carbocycles. The lowest BCUT2D eigenvalue weighted by atomic mass is 9.92. The molecule has 4 heteroatoms. The Bertz CT molecular complexity index is 377. The van der Waals surface area contributed by atoms with Gasteiger partial charge >= 0.3 is 0 Å². The Morgan fingerprint density at radius 2 is 2.19 bits per heavy atom. The van der Waals surface area contributed by atoms with Crippen LogP contribution in [0.5, 0.6) is 0 Å². The molecule has 0 fully saturated rings. The van der Waals surface area contributed by atoms with E-state index in [2.05, 4.69) is 5.32 Å². The Balaban J connectivity index is 2.56. The number of halogens is 1. The van der Waals surface area contributed by atoms with Crippen molar-refractivity contribution in [2.75, 3.05) is 6.54 Å². The van der Waals surface area contributed by atoms with Gasteiger partial charge in [-0.3, -0.25) is 4.79 Å². The lowest BCUT2D eigenvalue weighted by Crippen LogP contribution is -2.41. The van der Waals surface area contributed by atoms with Crippen LogP contribution >= 0.6 is 11.6 Å². The van der Waals surface area contributed by atoms with E-state index in [9.17, 15) is 4.79 Å². The molecule has 0 unspecified atom stereocenters. The van der Waals surface area contributed by atoms with Crippen molar-refractivity contribution in [3.05, 3.63) is 34.9 Å². The van der Waals surface area contributed by atoms with E-state index in [0.29, 0.717) is 18.1 Å². The summed E-state index contributed by atoms with van der Waals surface area (Å²) in [4.78, 5) is 11.7. The van der Waals surface area contributed by atoms with E-state index in [-0.39, 0.29) is 5.91 Å². The SMILES string of the molecule is CC(C)(CN)C(=O)NCc1cccc(Cl)c1. The van der Waals surface area contributed by atoms with Gasteiger partial charge in [-0.2, -0.15) is 0 Å². The zero-order valence-corrected chi connectivity index (χ0v) is 10.3. The summed E-state index contributed by atoms with van der Waals surface area (Å²) in [6, 6.07) is 7.41. The topological polar surface area (TPSA) is 55.1 Å². The van der Waals surface area contributed by atoms with Gasteiger partial charge in [0, 0.05) is 18.1 Å². The van der Waals surface area contributed by atoms with Crippen LogP contribution in [0.3, 0.4) is 0 Å². The Morgan fingerprint density at radius 1 is 1.50 bits per heavy atom. The molecule has 0 radical (unpaired) electrons. The third kappa shape index (κ3) is 3.51. The number of hydrogen-bond acceptors (Lipinski definition) is 2. The summed E-state index contributed by atoms with van der Waals surface area (Å²) >= 11 is 5.84. The molecule has 0 spiro atoms. The van der Waals surface area contributed by atoms with Crippen molar-refractivity contribution < 1.29 is 4.79 Å². The molecule has 0 bridgehead atoms. The van der Waals surface area contributed by atoms with Gasteiger partial charge < -0.3 is 11.1 Å². The van der Waals surface area contributed by atoms with Crippen LogP contribution in [0.25, 0.3) is 0 Å². The average molecular weight is 241 g/mol. The van der Waals surface area contributed by atoms with Crippen LogP contribution in [0.1, 0.15) is 19.4 Å². The first-order valence-electron chi connectivity index (χ1n) is 5.18. The van der Waals surface area contributed by atoms with Crippen LogP contribution in [0.4, 0.5) is 0 Å². The summed E-state index contributed by atoms with van der Waals surface area (Å²) in [6.45, 7) is 4.44. The van der Waals surface area contributed by atoms with Crippen molar-refractivity contribution in [1.29, 1.82) is 0 Å². The number of rotatable bonds is 4. The Kier molecular flexibility index (Phi) is 4.33. The van der Waals surface area contributed by atoms with Crippen molar-refractivity contribution in [3.63, 3.8) is 0 Å². The standard InChI is InChI=1S/C12H17ClN2O/c1-12(2,8-14)11(16)15-7-9-4-3-5-10(13)6-9/h3-6H,7-8,14H2,1-2H3,(H,15,16). The molecule has 88 valence electrons. The predicted molar refractivity (Wildman–Crippen MR) is 66.1 cm³/mol. The van der Waals surface area contributed by atoms with Gasteiger partial charge in [0.25, 0.3) is 0 Å². The largest absolute Gasteiger partial charge is 0.352 e. The minimum Gasteiger partial charge on any atom is -0.352 e. The summed E-state index contributed by atoms with van der Waals surface area (Å²) in [5.41, 5.74) is 5.97. The number of carbonyl (C=O) groups excluding carboxylic acids is 1. The normalized spacial score (nSPS) is 11.2. The molecule has 0 aliphatic rings. The first-order chi connectivity index (χ1) is 7.45. The molecule has 0 saturated carbocycles. The van der Waals surface area contributed by atoms with E-state index in [1.165, 1.54) is 0 Å². The smallest absolute Gasteiger partial charge is 0.227 e. The highest BCUT2D eigenvalue weighted by atomic mass is 35.5. The number of nitrogens with two attached hydrogens (primary N) is 1. The van der Waals surface area contributed by atoms with Crippen molar-refractivity contribution in [3.8, 4) is 0 Å². The van der Waals surface area contributed by atoms with E-state index < -0.39 is 5.41 Å². The summed E-state index contributed by atoms with van der Waals surface area (Å²) < 4.78 is 0. The maximum Gasteiger partial charge on any atom is 0.227 e. The minimum absolute atomic E-state index is 0.0463. The van der Waals surface area contributed by atoms with E-state index in [1.807, 2.05) is 32.0 Å². The van der Waals surface area contributed by atoms with Gasteiger partial charge in [0.2, 0.25) is 5.91 Å². The highest BCUT2D eigenvalue weighted by molar-refractivity contribution is 6.30. The maximum absolute atomic E-state index is 11.7. The van der Waals surface area contributed by atoms with Crippen molar-refractivity contribution in [2.45, 2.75) is 20.4 Å². The maximum atomic E-state index is 11.7. The quantitative estimate of drug-likeness (QED) is 0.845. The van der Waals surface area contributed by atoms with Crippen molar-refractivity contribution in [2.24, 2.45) is 11.1 Å². The van der Waals surface area contributed by atoms with Crippen LogP contribution in [0, 0.1) is 5.41 Å². The molecule has 0 heterocycles. The van der Waals surface area contributed by atoms with Crippen LogP contribution < -0.4 is 11.1 Å². The Hall–Kier alpha value is -1.06. The van der Waals surface area contributed by atoms with Crippen molar-refractivity contribution >= 4 is 17.5 Å². The number of nitrogens with one attached hydrogen (secondary N) is 1. The third-order valence-corrected chi connectivity index (χ3v) is 2.70. The number of carbonyl (C=O) groups is 1. The molecule has 0 saturated heterocycles. The summed E-state index contributed by atoms with van der Waals surface area (Å²) in [7, 11) is 0. The highest BCUT2D eigenvalue weighted by Crippen LogP contribution is 2.14. The first-order valence-corrected chi connectivity index (χ1v) is 5.56. The second kappa shape index (κ2) is 5.32. The Morgan fingerprint density at radius 3 is 2.75 bits per heavy atom. The van der Waals surface area contributed by atoms with E-state index >= 15 is 0 Å². The number of amides is 1. The van der Waals surface area contributed by atoms with Crippen molar-refractivity contribution in [1.82, 2.24) is 5.32 Å². The van der Waals surface area contributed by atoms with Crippen LogP contribution in [0.2, 0.25) is 5.02 Å². The monoisotopic (exact) mass is 240 g/mol. The van der Waals surface area contributed by atoms with Gasteiger partial charge in [0.15, 0.2) is 0 Å². The van der Waals surface area contributed by atoms with E-state index in [0.717, 1.165) is 5.56 Å². The van der Waals surface area contributed by atoms with Gasteiger partial charge in [-0.15, -0.1) is 0 Å². The minimum atomic E-state index is -0.529. The molecule has 1 aromatic rings. The second-order valence-corrected chi connectivity index (χ2v) is 4.84. The molecule has 3 N–H and O–H groups in total. The summed E-state index contributed by atoms with van der Waals surface area (Å²) in [5, 5.41) is 3.51. The molecule has 0 aliphatic heterocycles. The van der Waals surface area contributed by atoms with E-state index in [4.69, 9.17) is 17.3 Å². The first kappa shape index (κ1) is 13.0. The molecular weight excluding hydrogens is 224 g/mol. The molecule has 3 nitrogen and oxygen atoms in total. The van der Waals surface area contributed by atoms with Crippen LogP contribution in [-0.4, -0.2) is 12.5 Å². The fourth-order valence-electron chi connectivity index (χ4n) is 1.16. The Labute approximate surface area is 101 Å². The number of benzene rings is 1. The molecule has 1 aromatic carbocycles. The molecule has 0 atom stereocenters.